The van der Waals surface area contributed by atoms with Gasteiger partial charge in [0.1, 0.15) is 0 Å². The molecule has 1 atom stereocenters. The first kappa shape index (κ1) is 19.7. The van der Waals surface area contributed by atoms with Crippen LogP contribution in [0.15, 0.2) is 24.3 Å². The van der Waals surface area contributed by atoms with E-state index < -0.39 is 10.0 Å². The smallest absolute Gasteiger partial charge is 0.229 e. The number of hydrogen-bond donors (Lipinski definition) is 3. The largest absolute Gasteiger partial charge is 0.352 e. The van der Waals surface area contributed by atoms with Gasteiger partial charge in [0.2, 0.25) is 15.9 Å². The molecule has 0 saturated carbocycles. The highest BCUT2D eigenvalue weighted by molar-refractivity contribution is 7.92. The minimum atomic E-state index is -3.29. The van der Waals surface area contributed by atoms with E-state index in [0.29, 0.717) is 24.6 Å². The van der Waals surface area contributed by atoms with Gasteiger partial charge in [0.15, 0.2) is 0 Å². The van der Waals surface area contributed by atoms with Crippen molar-refractivity contribution in [1.82, 2.24) is 10.6 Å². The van der Waals surface area contributed by atoms with Crippen molar-refractivity contribution in [2.24, 2.45) is 5.92 Å². The lowest BCUT2D eigenvalue weighted by molar-refractivity contribution is -0.121. The molecular formula is C15H24ClN3O3S. The maximum absolute atomic E-state index is 11.8. The van der Waals surface area contributed by atoms with Crippen LogP contribution in [0.25, 0.3) is 0 Å². The van der Waals surface area contributed by atoms with Crippen LogP contribution in [-0.2, 0) is 21.4 Å². The van der Waals surface area contributed by atoms with E-state index in [2.05, 4.69) is 15.4 Å². The SMILES string of the molecule is CS(=O)(=O)Nc1cccc(CNC(=O)CCC2CCNC2)c1.Cl. The van der Waals surface area contributed by atoms with Crippen LogP contribution in [-0.4, -0.2) is 33.7 Å². The van der Waals surface area contributed by atoms with Crippen molar-refractivity contribution in [3.8, 4) is 0 Å². The third kappa shape index (κ3) is 7.67. The summed E-state index contributed by atoms with van der Waals surface area (Å²) in [6, 6.07) is 7.02. The van der Waals surface area contributed by atoms with E-state index in [0.717, 1.165) is 37.8 Å². The molecule has 2 rings (SSSR count). The predicted molar refractivity (Wildman–Crippen MR) is 94.2 cm³/mol. The number of nitrogens with one attached hydrogen (secondary N) is 3. The zero-order valence-corrected chi connectivity index (χ0v) is 14.8. The van der Waals surface area contributed by atoms with Gasteiger partial charge in [-0.05, 0) is 49.5 Å². The molecule has 1 amide bonds. The summed E-state index contributed by atoms with van der Waals surface area (Å²) in [5.41, 5.74) is 1.37. The van der Waals surface area contributed by atoms with Crippen molar-refractivity contribution in [1.29, 1.82) is 0 Å². The number of carbonyl (C=O) groups excluding carboxylic acids is 1. The van der Waals surface area contributed by atoms with Crippen LogP contribution < -0.4 is 15.4 Å². The minimum absolute atomic E-state index is 0. The van der Waals surface area contributed by atoms with Gasteiger partial charge in [-0.25, -0.2) is 8.42 Å². The van der Waals surface area contributed by atoms with Gasteiger partial charge in [0.05, 0.1) is 6.26 Å². The molecule has 0 aromatic heterocycles. The normalized spacial score (nSPS) is 17.3. The summed E-state index contributed by atoms with van der Waals surface area (Å²) in [4.78, 5) is 11.8. The maximum Gasteiger partial charge on any atom is 0.229 e. The number of halogens is 1. The van der Waals surface area contributed by atoms with Gasteiger partial charge in [-0.15, -0.1) is 12.4 Å². The molecule has 3 N–H and O–H groups in total. The monoisotopic (exact) mass is 361 g/mol. The summed E-state index contributed by atoms with van der Waals surface area (Å²) in [6.45, 7) is 2.46. The summed E-state index contributed by atoms with van der Waals surface area (Å²) in [6.07, 6.45) is 3.70. The van der Waals surface area contributed by atoms with E-state index in [1.54, 1.807) is 18.2 Å². The number of carbonyl (C=O) groups is 1. The molecule has 1 aliphatic heterocycles. The highest BCUT2D eigenvalue weighted by Gasteiger charge is 2.15. The number of anilines is 1. The molecule has 6 nitrogen and oxygen atoms in total. The second kappa shape index (κ2) is 9.10. The molecule has 1 fully saturated rings. The fraction of sp³-hybridized carbons (Fsp3) is 0.533. The highest BCUT2D eigenvalue weighted by Crippen LogP contribution is 2.14. The number of hydrogen-bond acceptors (Lipinski definition) is 4. The van der Waals surface area contributed by atoms with Crippen molar-refractivity contribution in [2.45, 2.75) is 25.8 Å². The van der Waals surface area contributed by atoms with Crippen molar-refractivity contribution in [3.05, 3.63) is 29.8 Å². The fourth-order valence-electron chi connectivity index (χ4n) is 2.54. The topological polar surface area (TPSA) is 87.3 Å². The second-order valence-electron chi connectivity index (χ2n) is 5.75. The maximum atomic E-state index is 11.8. The minimum Gasteiger partial charge on any atom is -0.352 e. The molecule has 1 unspecified atom stereocenters. The molecule has 1 heterocycles. The Bertz CT molecular complexity index is 616. The highest BCUT2D eigenvalue weighted by atomic mass is 35.5. The standard InChI is InChI=1S/C15H23N3O3S.ClH/c1-22(20,21)18-14-4-2-3-13(9-14)11-17-15(19)6-5-12-7-8-16-10-12;/h2-4,9,12,16,18H,5-8,10-11H2,1H3,(H,17,19);1H. The molecule has 8 heteroatoms. The lowest BCUT2D eigenvalue weighted by Gasteiger charge is -2.10. The molecule has 1 saturated heterocycles. The molecule has 0 radical (unpaired) electrons. The van der Waals surface area contributed by atoms with Crippen LogP contribution in [0.4, 0.5) is 5.69 Å². The van der Waals surface area contributed by atoms with Gasteiger partial charge in [-0.3, -0.25) is 9.52 Å². The van der Waals surface area contributed by atoms with Gasteiger partial charge in [-0.2, -0.15) is 0 Å². The van der Waals surface area contributed by atoms with Crippen molar-refractivity contribution < 1.29 is 13.2 Å². The van der Waals surface area contributed by atoms with Crippen LogP contribution >= 0.6 is 12.4 Å². The van der Waals surface area contributed by atoms with Gasteiger partial charge >= 0.3 is 0 Å². The van der Waals surface area contributed by atoms with E-state index in [9.17, 15) is 13.2 Å². The Labute approximate surface area is 143 Å². The van der Waals surface area contributed by atoms with E-state index in [4.69, 9.17) is 0 Å². The molecule has 1 aromatic rings. The van der Waals surface area contributed by atoms with Crippen LogP contribution in [0.5, 0.6) is 0 Å². The van der Waals surface area contributed by atoms with Gasteiger partial charge in [0, 0.05) is 18.7 Å². The average Bonchev–Trinajstić information content (AvgIpc) is 2.95. The van der Waals surface area contributed by atoms with Crippen LogP contribution in [0.1, 0.15) is 24.8 Å². The lowest BCUT2D eigenvalue weighted by Crippen LogP contribution is -2.23. The third-order valence-corrected chi connectivity index (χ3v) is 4.27. The fourth-order valence-corrected chi connectivity index (χ4v) is 3.10. The number of rotatable bonds is 7. The van der Waals surface area contributed by atoms with E-state index >= 15 is 0 Å². The van der Waals surface area contributed by atoms with Gasteiger partial charge in [-0.1, -0.05) is 12.1 Å². The molecule has 1 aromatic carbocycles. The quantitative estimate of drug-likeness (QED) is 0.686. The Hall–Kier alpha value is -1.31. The van der Waals surface area contributed by atoms with Crippen LogP contribution in [0.2, 0.25) is 0 Å². The van der Waals surface area contributed by atoms with E-state index in [1.165, 1.54) is 0 Å². The summed E-state index contributed by atoms with van der Waals surface area (Å²) < 4.78 is 24.8. The zero-order valence-electron chi connectivity index (χ0n) is 13.2. The third-order valence-electron chi connectivity index (χ3n) is 3.66. The molecule has 130 valence electrons. The zero-order chi connectivity index (χ0) is 16.0. The summed E-state index contributed by atoms with van der Waals surface area (Å²) in [7, 11) is -3.29. The van der Waals surface area contributed by atoms with Crippen molar-refractivity contribution >= 4 is 34.0 Å². The lowest BCUT2D eigenvalue weighted by atomic mass is 10.0. The second-order valence-corrected chi connectivity index (χ2v) is 7.50. The molecular weight excluding hydrogens is 338 g/mol. The van der Waals surface area contributed by atoms with Crippen molar-refractivity contribution in [3.63, 3.8) is 0 Å². The average molecular weight is 362 g/mol. The molecule has 23 heavy (non-hydrogen) atoms. The van der Waals surface area contributed by atoms with E-state index in [-0.39, 0.29) is 18.3 Å². The molecule has 0 bridgehead atoms. The summed E-state index contributed by atoms with van der Waals surface area (Å²) >= 11 is 0. The first-order valence-corrected chi connectivity index (χ1v) is 9.36. The number of benzene rings is 1. The summed E-state index contributed by atoms with van der Waals surface area (Å²) in [5, 5.41) is 6.17. The Morgan fingerprint density at radius 1 is 1.39 bits per heavy atom. The molecule has 0 aliphatic carbocycles. The Morgan fingerprint density at radius 3 is 2.83 bits per heavy atom. The molecule has 1 aliphatic rings. The molecule has 0 spiro atoms. The first-order valence-electron chi connectivity index (χ1n) is 7.46. The van der Waals surface area contributed by atoms with Crippen molar-refractivity contribution in [2.75, 3.05) is 24.1 Å². The Kier molecular flexibility index (Phi) is 7.81. The van der Waals surface area contributed by atoms with Crippen LogP contribution in [0.3, 0.4) is 0 Å². The van der Waals surface area contributed by atoms with E-state index in [1.807, 2.05) is 6.07 Å². The Morgan fingerprint density at radius 2 is 2.17 bits per heavy atom. The number of sulfonamides is 1. The first-order chi connectivity index (χ1) is 10.4. The van der Waals surface area contributed by atoms with Crippen LogP contribution in [0, 0.1) is 5.92 Å². The van der Waals surface area contributed by atoms with Gasteiger partial charge in [0.25, 0.3) is 0 Å². The summed E-state index contributed by atoms with van der Waals surface area (Å²) in [5.74, 6) is 0.640. The van der Waals surface area contributed by atoms with Gasteiger partial charge < -0.3 is 10.6 Å². The Balaban J connectivity index is 0.00000264. The predicted octanol–water partition coefficient (Wildman–Crippen LogP) is 1.49. The number of amides is 1.